The van der Waals surface area contributed by atoms with E-state index < -0.39 is 12.1 Å². The van der Waals surface area contributed by atoms with E-state index in [2.05, 4.69) is 40.2 Å². The first-order chi connectivity index (χ1) is 17.1. The van der Waals surface area contributed by atoms with Crippen molar-refractivity contribution in [1.29, 1.82) is 0 Å². The number of alkyl carbamates (subject to hydrolysis) is 1. The van der Waals surface area contributed by atoms with Gasteiger partial charge in [0, 0.05) is 24.3 Å². The van der Waals surface area contributed by atoms with E-state index in [1.54, 1.807) is 0 Å². The Morgan fingerprint density at radius 2 is 1.49 bits per heavy atom. The topological polar surface area (TPSA) is 105 Å². The maximum Gasteiger partial charge on any atom is 0.407 e. The fourth-order valence-corrected chi connectivity index (χ4v) is 4.49. The molecule has 0 saturated carbocycles. The molecule has 182 valence electrons. The number of carbonyl (C=O) groups excluding carboxylic acids is 2. The SMILES string of the molecule is CNc1ccc(NC(=O)[C@H](CCCCN)NC(=O)OCC2c3ccccc3-c3ccccc32)cc1. The van der Waals surface area contributed by atoms with Gasteiger partial charge in [0.1, 0.15) is 12.6 Å². The molecule has 0 radical (unpaired) electrons. The van der Waals surface area contributed by atoms with Gasteiger partial charge in [-0.3, -0.25) is 4.79 Å². The van der Waals surface area contributed by atoms with Gasteiger partial charge in [-0.05, 0) is 72.3 Å². The van der Waals surface area contributed by atoms with Gasteiger partial charge in [-0.25, -0.2) is 4.79 Å². The van der Waals surface area contributed by atoms with E-state index >= 15 is 0 Å². The molecule has 3 aromatic carbocycles. The predicted octanol–water partition coefficient (Wildman–Crippen LogP) is 4.70. The van der Waals surface area contributed by atoms with Crippen LogP contribution in [0.5, 0.6) is 0 Å². The Morgan fingerprint density at radius 3 is 2.09 bits per heavy atom. The molecule has 0 heterocycles. The molecule has 0 unspecified atom stereocenters. The monoisotopic (exact) mass is 472 g/mol. The Labute approximate surface area is 206 Å². The van der Waals surface area contributed by atoms with Crippen molar-refractivity contribution in [2.45, 2.75) is 31.2 Å². The van der Waals surface area contributed by atoms with Gasteiger partial charge in [-0.15, -0.1) is 0 Å². The first-order valence-electron chi connectivity index (χ1n) is 12.0. The standard InChI is InChI=1S/C28H32N4O3/c1-30-19-13-15-20(16-14-19)31-27(33)26(12-6-7-17-29)32-28(34)35-18-25-23-10-4-2-8-21(23)22-9-3-5-11-24(22)25/h2-5,8-11,13-16,25-26,30H,6-7,12,17-18,29H2,1H3,(H,31,33)(H,32,34)/t26-/m0/s1. The Kier molecular flexibility index (Phi) is 8.00. The minimum absolute atomic E-state index is 0.0386. The largest absolute Gasteiger partial charge is 0.449 e. The van der Waals surface area contributed by atoms with Gasteiger partial charge in [-0.1, -0.05) is 48.5 Å². The highest BCUT2D eigenvalue weighted by Gasteiger charge is 2.29. The molecule has 1 aliphatic rings. The van der Waals surface area contributed by atoms with Crippen LogP contribution in [-0.4, -0.2) is 38.2 Å². The maximum atomic E-state index is 13.0. The quantitative estimate of drug-likeness (QED) is 0.320. The summed E-state index contributed by atoms with van der Waals surface area (Å²) in [5, 5.41) is 8.69. The molecule has 1 atom stereocenters. The van der Waals surface area contributed by atoms with Crippen molar-refractivity contribution in [2.24, 2.45) is 5.73 Å². The van der Waals surface area contributed by atoms with E-state index in [-0.39, 0.29) is 18.4 Å². The van der Waals surface area contributed by atoms with Crippen LogP contribution in [0, 0.1) is 0 Å². The minimum Gasteiger partial charge on any atom is -0.449 e. The van der Waals surface area contributed by atoms with Crippen molar-refractivity contribution in [3.8, 4) is 11.1 Å². The summed E-state index contributed by atoms with van der Waals surface area (Å²) in [4.78, 5) is 25.7. The molecule has 0 aliphatic heterocycles. The highest BCUT2D eigenvalue weighted by Crippen LogP contribution is 2.44. The Hall–Kier alpha value is -3.84. The number of unbranched alkanes of at least 4 members (excludes halogenated alkanes) is 1. The van der Waals surface area contributed by atoms with Crippen LogP contribution in [0.15, 0.2) is 72.8 Å². The molecule has 0 spiro atoms. The summed E-state index contributed by atoms with van der Waals surface area (Å²) in [6.07, 6.45) is 1.36. The van der Waals surface area contributed by atoms with Crippen LogP contribution in [0.1, 0.15) is 36.3 Å². The molecular formula is C28H32N4O3. The summed E-state index contributed by atoms with van der Waals surface area (Å²) >= 11 is 0. The molecular weight excluding hydrogens is 440 g/mol. The number of amides is 2. The third-order valence-corrected chi connectivity index (χ3v) is 6.34. The molecule has 7 heteroatoms. The Bertz CT molecular complexity index is 1120. The van der Waals surface area contributed by atoms with Crippen LogP contribution in [0.4, 0.5) is 16.2 Å². The molecule has 2 amide bonds. The zero-order valence-electron chi connectivity index (χ0n) is 19.9. The molecule has 0 fully saturated rings. The van der Waals surface area contributed by atoms with Gasteiger partial charge in [0.25, 0.3) is 0 Å². The molecule has 7 nitrogen and oxygen atoms in total. The van der Waals surface area contributed by atoms with Crippen molar-refractivity contribution in [2.75, 3.05) is 30.8 Å². The number of ether oxygens (including phenoxy) is 1. The van der Waals surface area contributed by atoms with Crippen molar-refractivity contribution < 1.29 is 14.3 Å². The minimum atomic E-state index is -0.721. The normalized spacial score (nSPS) is 12.9. The second kappa shape index (κ2) is 11.5. The van der Waals surface area contributed by atoms with E-state index in [0.29, 0.717) is 18.7 Å². The Morgan fingerprint density at radius 1 is 0.886 bits per heavy atom. The molecule has 0 aromatic heterocycles. The summed E-state index contributed by atoms with van der Waals surface area (Å²) in [5.41, 5.74) is 11.8. The van der Waals surface area contributed by atoms with Gasteiger partial charge < -0.3 is 26.4 Å². The zero-order chi connectivity index (χ0) is 24.6. The van der Waals surface area contributed by atoms with Crippen molar-refractivity contribution in [3.63, 3.8) is 0 Å². The maximum absolute atomic E-state index is 13.0. The molecule has 1 aliphatic carbocycles. The first-order valence-corrected chi connectivity index (χ1v) is 12.0. The van der Waals surface area contributed by atoms with E-state index in [1.807, 2.05) is 55.6 Å². The van der Waals surface area contributed by atoms with Crippen LogP contribution in [0.2, 0.25) is 0 Å². The fraction of sp³-hybridized carbons (Fsp3) is 0.286. The number of benzene rings is 3. The molecule has 4 rings (SSSR count). The summed E-state index contributed by atoms with van der Waals surface area (Å²) in [7, 11) is 1.83. The number of hydrogen-bond acceptors (Lipinski definition) is 5. The average molecular weight is 473 g/mol. The van der Waals surface area contributed by atoms with Gasteiger partial charge >= 0.3 is 6.09 Å². The lowest BCUT2D eigenvalue weighted by Gasteiger charge is -2.20. The molecule has 0 bridgehead atoms. The number of nitrogens with two attached hydrogens (primary N) is 1. The smallest absolute Gasteiger partial charge is 0.407 e. The van der Waals surface area contributed by atoms with E-state index in [4.69, 9.17) is 10.5 Å². The van der Waals surface area contributed by atoms with Gasteiger partial charge in [0.05, 0.1) is 0 Å². The Balaban J connectivity index is 1.40. The van der Waals surface area contributed by atoms with Crippen LogP contribution >= 0.6 is 0 Å². The number of hydrogen-bond donors (Lipinski definition) is 4. The fourth-order valence-electron chi connectivity index (χ4n) is 4.49. The lowest BCUT2D eigenvalue weighted by atomic mass is 9.98. The predicted molar refractivity (Wildman–Crippen MR) is 140 cm³/mol. The average Bonchev–Trinajstić information content (AvgIpc) is 3.21. The number of rotatable bonds is 10. The molecule has 3 aromatic rings. The number of nitrogens with one attached hydrogen (secondary N) is 3. The van der Waals surface area contributed by atoms with E-state index in [0.717, 1.165) is 29.7 Å². The van der Waals surface area contributed by atoms with Gasteiger partial charge in [0.15, 0.2) is 0 Å². The van der Waals surface area contributed by atoms with Crippen molar-refractivity contribution in [1.82, 2.24) is 5.32 Å². The van der Waals surface area contributed by atoms with E-state index in [1.165, 1.54) is 11.1 Å². The lowest BCUT2D eigenvalue weighted by Crippen LogP contribution is -2.44. The van der Waals surface area contributed by atoms with Gasteiger partial charge in [-0.2, -0.15) is 0 Å². The molecule has 0 saturated heterocycles. The molecule has 35 heavy (non-hydrogen) atoms. The van der Waals surface area contributed by atoms with Gasteiger partial charge in [0.2, 0.25) is 5.91 Å². The van der Waals surface area contributed by atoms with Crippen molar-refractivity contribution in [3.05, 3.63) is 83.9 Å². The van der Waals surface area contributed by atoms with Crippen LogP contribution in [0.3, 0.4) is 0 Å². The highest BCUT2D eigenvalue weighted by molar-refractivity contribution is 5.96. The van der Waals surface area contributed by atoms with Crippen LogP contribution in [-0.2, 0) is 9.53 Å². The summed E-state index contributed by atoms with van der Waals surface area (Å²) in [5.74, 6) is -0.323. The third-order valence-electron chi connectivity index (χ3n) is 6.34. The second-order valence-electron chi connectivity index (χ2n) is 8.62. The second-order valence-corrected chi connectivity index (χ2v) is 8.62. The van der Waals surface area contributed by atoms with Crippen LogP contribution in [0.25, 0.3) is 11.1 Å². The summed E-state index contributed by atoms with van der Waals surface area (Å²) in [6, 6.07) is 23.0. The number of anilines is 2. The van der Waals surface area contributed by atoms with E-state index in [9.17, 15) is 9.59 Å². The number of carbonyl (C=O) groups is 2. The summed E-state index contributed by atoms with van der Waals surface area (Å²) in [6.45, 7) is 0.729. The third kappa shape index (κ3) is 5.81. The number of fused-ring (bicyclic) bond motifs is 3. The lowest BCUT2D eigenvalue weighted by molar-refractivity contribution is -0.118. The molecule has 5 N–H and O–H groups in total. The zero-order valence-corrected chi connectivity index (χ0v) is 19.9. The first kappa shape index (κ1) is 24.3. The van der Waals surface area contributed by atoms with Crippen molar-refractivity contribution >= 4 is 23.4 Å². The van der Waals surface area contributed by atoms with Crippen LogP contribution < -0.4 is 21.7 Å². The summed E-state index contributed by atoms with van der Waals surface area (Å²) < 4.78 is 5.64. The highest BCUT2D eigenvalue weighted by atomic mass is 16.5.